The Hall–Kier alpha value is -2.47. The molecule has 6 nitrogen and oxygen atoms in total. The monoisotopic (exact) mass is 297 g/mol. The summed E-state index contributed by atoms with van der Waals surface area (Å²) in [7, 11) is 2.02. The van der Waals surface area contributed by atoms with Crippen LogP contribution in [0.4, 0.5) is 5.82 Å². The van der Waals surface area contributed by atoms with Gasteiger partial charge in [-0.15, -0.1) is 0 Å². The average Bonchev–Trinajstić information content (AvgIpc) is 3.03. The minimum Gasteiger partial charge on any atom is -0.380 e. The molecule has 2 heterocycles. The van der Waals surface area contributed by atoms with Crippen molar-refractivity contribution in [1.82, 2.24) is 19.6 Å². The van der Waals surface area contributed by atoms with Crippen LogP contribution in [0.3, 0.4) is 0 Å². The van der Waals surface area contributed by atoms with E-state index in [9.17, 15) is 0 Å². The first-order valence-corrected chi connectivity index (χ1v) is 7.34. The van der Waals surface area contributed by atoms with Crippen molar-refractivity contribution in [3.05, 3.63) is 42.7 Å². The number of fused-ring (bicyclic) bond motifs is 1. The second-order valence-corrected chi connectivity index (χ2v) is 4.96. The van der Waals surface area contributed by atoms with Crippen LogP contribution in [0.1, 0.15) is 6.92 Å². The van der Waals surface area contributed by atoms with Crippen molar-refractivity contribution in [2.24, 2.45) is 0 Å². The fourth-order valence-electron chi connectivity index (χ4n) is 2.29. The molecule has 0 aliphatic carbocycles. The van der Waals surface area contributed by atoms with Gasteiger partial charge in [0.25, 0.3) is 5.78 Å². The molecule has 0 radical (unpaired) electrons. The average molecular weight is 297 g/mol. The van der Waals surface area contributed by atoms with E-state index in [1.165, 1.54) is 6.33 Å². The highest BCUT2D eigenvalue weighted by Gasteiger charge is 2.12. The molecule has 2 aromatic heterocycles. The number of nitrogens with zero attached hydrogens (tertiary/aromatic N) is 5. The zero-order chi connectivity index (χ0) is 15.4. The lowest BCUT2D eigenvalue weighted by Gasteiger charge is -2.20. The number of aromatic nitrogens is 4. The third-order valence-corrected chi connectivity index (χ3v) is 3.47. The lowest BCUT2D eigenvalue weighted by atomic mass is 10.1. The van der Waals surface area contributed by atoms with Crippen molar-refractivity contribution in [3.63, 3.8) is 0 Å². The molecule has 0 saturated carbocycles. The predicted molar refractivity (Wildman–Crippen MR) is 86.0 cm³/mol. The lowest BCUT2D eigenvalue weighted by molar-refractivity contribution is 0.154. The van der Waals surface area contributed by atoms with Crippen LogP contribution in [-0.4, -0.2) is 46.4 Å². The van der Waals surface area contributed by atoms with Crippen molar-refractivity contribution < 1.29 is 4.74 Å². The van der Waals surface area contributed by atoms with Gasteiger partial charge < -0.3 is 9.64 Å². The maximum Gasteiger partial charge on any atom is 0.254 e. The van der Waals surface area contributed by atoms with E-state index in [0.717, 1.165) is 30.2 Å². The summed E-state index contributed by atoms with van der Waals surface area (Å²) in [5, 5.41) is 4.26. The Labute approximate surface area is 129 Å². The van der Waals surface area contributed by atoms with Gasteiger partial charge in [0.05, 0.1) is 12.3 Å². The van der Waals surface area contributed by atoms with Crippen LogP contribution in [0.25, 0.3) is 17.0 Å². The summed E-state index contributed by atoms with van der Waals surface area (Å²) >= 11 is 0. The van der Waals surface area contributed by atoms with Crippen molar-refractivity contribution in [1.29, 1.82) is 0 Å². The molecule has 0 N–H and O–H groups in total. The Morgan fingerprint density at radius 2 is 2.05 bits per heavy atom. The van der Waals surface area contributed by atoms with E-state index < -0.39 is 0 Å². The Kier molecular flexibility index (Phi) is 4.29. The fourth-order valence-corrected chi connectivity index (χ4v) is 2.29. The number of anilines is 1. The van der Waals surface area contributed by atoms with Crippen LogP contribution < -0.4 is 4.90 Å². The molecule has 0 aliphatic rings. The van der Waals surface area contributed by atoms with E-state index in [-0.39, 0.29) is 0 Å². The van der Waals surface area contributed by atoms with Gasteiger partial charge in [-0.3, -0.25) is 0 Å². The van der Waals surface area contributed by atoms with E-state index in [0.29, 0.717) is 12.4 Å². The molecule has 0 amide bonds. The minimum absolute atomic E-state index is 0.597. The fraction of sp³-hybridized carbons (Fsp3) is 0.312. The topological polar surface area (TPSA) is 55.5 Å². The molecule has 0 atom stereocenters. The van der Waals surface area contributed by atoms with E-state index in [1.54, 1.807) is 4.52 Å². The number of rotatable bonds is 6. The van der Waals surface area contributed by atoms with Crippen molar-refractivity contribution in [3.8, 4) is 11.3 Å². The van der Waals surface area contributed by atoms with Gasteiger partial charge in [0, 0.05) is 31.8 Å². The molecule has 114 valence electrons. The molecular weight excluding hydrogens is 278 g/mol. The number of hydrogen-bond acceptors (Lipinski definition) is 5. The van der Waals surface area contributed by atoms with Crippen LogP contribution in [0, 0.1) is 0 Å². The minimum atomic E-state index is 0.597. The first kappa shape index (κ1) is 14.5. The van der Waals surface area contributed by atoms with Crippen LogP contribution in [0.5, 0.6) is 0 Å². The molecule has 0 spiro atoms. The molecule has 0 aliphatic heterocycles. The zero-order valence-electron chi connectivity index (χ0n) is 12.8. The molecular formula is C16H19N5O. The predicted octanol–water partition coefficient (Wildman–Crippen LogP) is 2.26. The van der Waals surface area contributed by atoms with Gasteiger partial charge in [-0.1, -0.05) is 30.3 Å². The Morgan fingerprint density at radius 3 is 2.82 bits per heavy atom. The zero-order valence-corrected chi connectivity index (χ0v) is 12.8. The maximum absolute atomic E-state index is 5.43. The van der Waals surface area contributed by atoms with Gasteiger partial charge >= 0.3 is 0 Å². The van der Waals surface area contributed by atoms with Gasteiger partial charge in [0.2, 0.25) is 0 Å². The summed E-state index contributed by atoms with van der Waals surface area (Å²) in [6.07, 6.45) is 1.52. The van der Waals surface area contributed by atoms with Crippen LogP contribution in [0.2, 0.25) is 0 Å². The molecule has 0 bridgehead atoms. The largest absolute Gasteiger partial charge is 0.380 e. The number of ether oxygens (including phenoxy) is 1. The molecule has 6 heteroatoms. The molecule has 1 aromatic carbocycles. The first-order valence-electron chi connectivity index (χ1n) is 7.34. The molecule has 0 fully saturated rings. The molecule has 0 unspecified atom stereocenters. The van der Waals surface area contributed by atoms with E-state index in [1.807, 2.05) is 50.4 Å². The molecule has 3 rings (SSSR count). The highest BCUT2D eigenvalue weighted by Crippen LogP contribution is 2.22. The third-order valence-electron chi connectivity index (χ3n) is 3.47. The van der Waals surface area contributed by atoms with E-state index >= 15 is 0 Å². The quantitative estimate of drug-likeness (QED) is 0.653. The van der Waals surface area contributed by atoms with E-state index in [4.69, 9.17) is 4.74 Å². The van der Waals surface area contributed by atoms with Crippen molar-refractivity contribution >= 4 is 11.6 Å². The Balaban J connectivity index is 1.99. The van der Waals surface area contributed by atoms with Gasteiger partial charge in [0.15, 0.2) is 0 Å². The second kappa shape index (κ2) is 6.53. The summed E-state index contributed by atoms with van der Waals surface area (Å²) in [4.78, 5) is 10.9. The Bertz CT molecular complexity index is 741. The number of hydrogen-bond donors (Lipinski definition) is 0. The van der Waals surface area contributed by atoms with Crippen molar-refractivity contribution in [2.45, 2.75) is 6.92 Å². The summed E-state index contributed by atoms with van der Waals surface area (Å²) in [5.74, 6) is 1.54. The van der Waals surface area contributed by atoms with Crippen LogP contribution in [0.15, 0.2) is 42.7 Å². The maximum atomic E-state index is 5.43. The SMILES string of the molecule is CCOCCN(C)c1cc(-c2ccccc2)nc2ncnn12. The third kappa shape index (κ3) is 2.92. The summed E-state index contributed by atoms with van der Waals surface area (Å²) in [5.41, 5.74) is 1.95. The smallest absolute Gasteiger partial charge is 0.254 e. The lowest BCUT2D eigenvalue weighted by Crippen LogP contribution is -2.25. The van der Waals surface area contributed by atoms with Gasteiger partial charge in [-0.25, -0.2) is 4.98 Å². The summed E-state index contributed by atoms with van der Waals surface area (Å²) in [6, 6.07) is 12.1. The van der Waals surface area contributed by atoms with Gasteiger partial charge in [0.1, 0.15) is 12.1 Å². The first-order chi connectivity index (χ1) is 10.8. The van der Waals surface area contributed by atoms with Gasteiger partial charge in [-0.2, -0.15) is 14.6 Å². The normalized spacial score (nSPS) is 11.0. The molecule has 0 saturated heterocycles. The highest BCUT2D eigenvalue weighted by molar-refractivity contribution is 5.65. The number of benzene rings is 1. The second-order valence-electron chi connectivity index (χ2n) is 4.96. The van der Waals surface area contributed by atoms with Crippen LogP contribution >= 0.6 is 0 Å². The molecule has 3 aromatic rings. The summed E-state index contributed by atoms with van der Waals surface area (Å²) in [6.45, 7) is 4.17. The van der Waals surface area contributed by atoms with E-state index in [2.05, 4.69) is 20.0 Å². The summed E-state index contributed by atoms with van der Waals surface area (Å²) < 4.78 is 7.18. The number of likely N-dealkylation sites (N-methyl/N-ethyl adjacent to an activating group) is 1. The Morgan fingerprint density at radius 1 is 1.23 bits per heavy atom. The standard InChI is InChI=1S/C16H19N5O/c1-3-22-10-9-20(2)15-11-14(13-7-5-4-6-8-13)19-16-17-12-18-21(15)16/h4-8,11-12H,3,9-10H2,1-2H3. The molecule has 22 heavy (non-hydrogen) atoms. The van der Waals surface area contributed by atoms with Crippen LogP contribution in [-0.2, 0) is 4.74 Å². The highest BCUT2D eigenvalue weighted by atomic mass is 16.5. The van der Waals surface area contributed by atoms with Crippen molar-refractivity contribution in [2.75, 3.05) is 31.7 Å². The van der Waals surface area contributed by atoms with Gasteiger partial charge in [-0.05, 0) is 6.92 Å².